The van der Waals surface area contributed by atoms with Gasteiger partial charge in [-0.1, -0.05) is 18.7 Å². The van der Waals surface area contributed by atoms with Gasteiger partial charge in [-0.05, 0) is 34.5 Å². The highest BCUT2D eigenvalue weighted by atomic mass is 79.9. The Hall–Kier alpha value is -1.62. The molecule has 1 heterocycles. The van der Waals surface area contributed by atoms with Crippen molar-refractivity contribution < 1.29 is 9.90 Å². The summed E-state index contributed by atoms with van der Waals surface area (Å²) in [5.41, 5.74) is 1.03. The van der Waals surface area contributed by atoms with E-state index in [1.165, 1.54) is 0 Å². The maximum atomic E-state index is 10.9. The second-order valence-electron chi connectivity index (χ2n) is 3.33. The van der Waals surface area contributed by atoms with Gasteiger partial charge < -0.3 is 5.11 Å². The van der Waals surface area contributed by atoms with E-state index < -0.39 is 5.97 Å². The molecule has 0 fully saturated rings. The van der Waals surface area contributed by atoms with Gasteiger partial charge in [0.1, 0.15) is 0 Å². The fourth-order valence-corrected chi connectivity index (χ4v) is 1.58. The largest absolute Gasteiger partial charge is 0.478 e. The third-order valence-electron chi connectivity index (χ3n) is 2.11. The molecule has 0 aliphatic rings. The molecule has 90 valence electrons. The van der Waals surface area contributed by atoms with Crippen molar-refractivity contribution in [1.29, 1.82) is 0 Å². The van der Waals surface area contributed by atoms with Gasteiger partial charge in [0.05, 0.1) is 22.8 Å². The second-order valence-corrected chi connectivity index (χ2v) is 4.24. The van der Waals surface area contributed by atoms with E-state index >= 15 is 0 Å². The highest BCUT2D eigenvalue weighted by Crippen LogP contribution is 2.10. The number of hydrogen-bond donors (Lipinski definition) is 1. The van der Waals surface area contributed by atoms with Crippen molar-refractivity contribution in [1.82, 2.24) is 9.78 Å². The molecule has 1 aromatic rings. The van der Waals surface area contributed by atoms with Crippen LogP contribution in [0.2, 0.25) is 0 Å². The monoisotopic (exact) mass is 296 g/mol. The van der Waals surface area contributed by atoms with E-state index in [1.54, 1.807) is 36.0 Å². The van der Waals surface area contributed by atoms with E-state index in [1.807, 2.05) is 6.20 Å². The molecule has 0 spiro atoms. The van der Waals surface area contributed by atoms with Crippen LogP contribution in [0.25, 0.3) is 0 Å². The first-order valence-electron chi connectivity index (χ1n) is 4.97. The van der Waals surface area contributed by atoms with E-state index in [0.717, 1.165) is 10.0 Å². The zero-order chi connectivity index (χ0) is 12.8. The molecular weight excluding hydrogens is 284 g/mol. The summed E-state index contributed by atoms with van der Waals surface area (Å²) < 4.78 is 2.58. The fraction of sp³-hybridized carbons (Fsp3) is 0.167. The van der Waals surface area contributed by atoms with Crippen LogP contribution < -0.4 is 0 Å². The summed E-state index contributed by atoms with van der Waals surface area (Å²) in [6.45, 7) is 5.84. The summed E-state index contributed by atoms with van der Waals surface area (Å²) >= 11 is 3.30. The van der Waals surface area contributed by atoms with Gasteiger partial charge in [0, 0.05) is 6.20 Å². The van der Waals surface area contributed by atoms with Crippen LogP contribution >= 0.6 is 15.9 Å². The van der Waals surface area contributed by atoms with Crippen LogP contribution in [0.4, 0.5) is 0 Å². The van der Waals surface area contributed by atoms with E-state index in [2.05, 4.69) is 27.6 Å². The quantitative estimate of drug-likeness (QED) is 0.671. The SMILES string of the molecule is C=C/C(=C\C(=C/C)C(=O)O)Cn1cc(Br)cn1. The first kappa shape index (κ1) is 13.4. The molecule has 5 heteroatoms. The molecule has 0 amide bonds. The summed E-state index contributed by atoms with van der Waals surface area (Å²) in [5, 5.41) is 13.0. The van der Waals surface area contributed by atoms with Gasteiger partial charge >= 0.3 is 5.97 Å². The molecular formula is C12H13BrN2O2. The highest BCUT2D eigenvalue weighted by molar-refractivity contribution is 9.10. The number of halogens is 1. The van der Waals surface area contributed by atoms with Crippen molar-refractivity contribution in [3.8, 4) is 0 Å². The van der Waals surface area contributed by atoms with Crippen LogP contribution in [-0.2, 0) is 11.3 Å². The molecule has 0 atom stereocenters. The van der Waals surface area contributed by atoms with Gasteiger partial charge in [-0.25, -0.2) is 4.79 Å². The van der Waals surface area contributed by atoms with Crippen LogP contribution in [0, 0.1) is 0 Å². The van der Waals surface area contributed by atoms with Gasteiger partial charge in [-0.15, -0.1) is 0 Å². The van der Waals surface area contributed by atoms with Crippen molar-refractivity contribution in [2.24, 2.45) is 0 Å². The number of aromatic nitrogens is 2. The molecule has 1 N–H and O–H groups in total. The molecule has 1 rings (SSSR count). The molecule has 0 unspecified atom stereocenters. The van der Waals surface area contributed by atoms with Crippen LogP contribution in [0.5, 0.6) is 0 Å². The Morgan fingerprint density at radius 2 is 2.41 bits per heavy atom. The Labute approximate surface area is 108 Å². The summed E-state index contributed by atoms with van der Waals surface area (Å²) in [4.78, 5) is 10.9. The summed E-state index contributed by atoms with van der Waals surface area (Å²) in [5.74, 6) is -0.950. The first-order valence-corrected chi connectivity index (χ1v) is 5.76. The fourth-order valence-electron chi connectivity index (χ4n) is 1.25. The molecule has 0 saturated heterocycles. The second kappa shape index (κ2) is 6.20. The average molecular weight is 297 g/mol. The number of hydrogen-bond acceptors (Lipinski definition) is 2. The Balaban J connectivity index is 2.88. The zero-order valence-electron chi connectivity index (χ0n) is 9.43. The lowest BCUT2D eigenvalue weighted by Gasteiger charge is -2.03. The molecule has 1 aromatic heterocycles. The lowest BCUT2D eigenvalue weighted by molar-refractivity contribution is -0.132. The normalized spacial score (nSPS) is 12.6. The highest BCUT2D eigenvalue weighted by Gasteiger charge is 2.04. The number of carboxylic acids is 1. The third-order valence-corrected chi connectivity index (χ3v) is 2.52. The Morgan fingerprint density at radius 1 is 1.71 bits per heavy atom. The van der Waals surface area contributed by atoms with Crippen molar-refractivity contribution in [2.75, 3.05) is 0 Å². The van der Waals surface area contributed by atoms with Crippen LogP contribution in [0.1, 0.15) is 6.92 Å². The minimum absolute atomic E-state index is 0.242. The molecule has 17 heavy (non-hydrogen) atoms. The Morgan fingerprint density at radius 3 is 2.82 bits per heavy atom. The maximum absolute atomic E-state index is 10.9. The number of carbonyl (C=O) groups is 1. The number of aliphatic carboxylic acids is 1. The zero-order valence-corrected chi connectivity index (χ0v) is 11.0. The lowest BCUT2D eigenvalue weighted by atomic mass is 10.1. The average Bonchev–Trinajstić information content (AvgIpc) is 2.69. The van der Waals surface area contributed by atoms with E-state index in [4.69, 9.17) is 5.11 Å². The molecule has 0 aliphatic carbocycles. The first-order chi connectivity index (χ1) is 8.06. The van der Waals surface area contributed by atoms with Gasteiger partial charge in [-0.3, -0.25) is 4.68 Å². The Bertz CT molecular complexity index is 486. The number of carboxylic acid groups (broad SMARTS) is 1. The molecule has 4 nitrogen and oxygen atoms in total. The summed E-state index contributed by atoms with van der Waals surface area (Å²) in [6, 6.07) is 0. The molecule has 0 aromatic carbocycles. The topological polar surface area (TPSA) is 55.1 Å². The van der Waals surface area contributed by atoms with Gasteiger partial charge in [-0.2, -0.15) is 5.10 Å². The standard InChI is InChI=1S/C12H13BrN2O2/c1-3-9(5-10(4-2)12(16)17)7-15-8-11(13)6-14-15/h3-6,8H,1,7H2,2H3,(H,16,17)/b9-5+,10-4+. The van der Waals surface area contributed by atoms with Crippen LogP contribution in [0.3, 0.4) is 0 Å². The number of allylic oxidation sites excluding steroid dienone is 3. The Kier molecular flexibility index (Phi) is 4.90. The van der Waals surface area contributed by atoms with E-state index in [9.17, 15) is 4.79 Å². The predicted molar refractivity (Wildman–Crippen MR) is 69.6 cm³/mol. The molecule has 0 aliphatic heterocycles. The molecule has 0 bridgehead atoms. The van der Waals surface area contributed by atoms with E-state index in [-0.39, 0.29) is 5.57 Å². The number of nitrogens with zero attached hydrogens (tertiary/aromatic N) is 2. The van der Waals surface area contributed by atoms with Crippen molar-refractivity contribution in [2.45, 2.75) is 13.5 Å². The smallest absolute Gasteiger partial charge is 0.335 e. The van der Waals surface area contributed by atoms with E-state index in [0.29, 0.717) is 6.54 Å². The van der Waals surface area contributed by atoms with Crippen molar-refractivity contribution in [3.05, 3.63) is 52.8 Å². The lowest BCUT2D eigenvalue weighted by Crippen LogP contribution is -2.03. The molecule has 0 saturated carbocycles. The minimum atomic E-state index is -0.950. The van der Waals surface area contributed by atoms with Crippen molar-refractivity contribution in [3.63, 3.8) is 0 Å². The van der Waals surface area contributed by atoms with Crippen LogP contribution in [0.15, 0.2) is 52.8 Å². The third kappa shape index (κ3) is 4.03. The number of rotatable bonds is 5. The maximum Gasteiger partial charge on any atom is 0.335 e. The van der Waals surface area contributed by atoms with Crippen molar-refractivity contribution >= 4 is 21.9 Å². The summed E-state index contributed by atoms with van der Waals surface area (Å²) in [7, 11) is 0. The van der Waals surface area contributed by atoms with Gasteiger partial charge in [0.2, 0.25) is 0 Å². The van der Waals surface area contributed by atoms with Crippen LogP contribution in [-0.4, -0.2) is 20.9 Å². The van der Waals surface area contributed by atoms with Gasteiger partial charge in [0.25, 0.3) is 0 Å². The van der Waals surface area contributed by atoms with Gasteiger partial charge in [0.15, 0.2) is 0 Å². The summed E-state index contributed by atoms with van der Waals surface area (Å²) in [6.07, 6.45) is 8.25. The molecule has 0 radical (unpaired) electrons. The predicted octanol–water partition coefficient (Wildman–Crippen LogP) is 2.79. The minimum Gasteiger partial charge on any atom is -0.478 e.